The molecule has 1 fully saturated rings. The Kier molecular flexibility index (Phi) is 1.08. The van der Waals surface area contributed by atoms with Crippen LogP contribution in [0.4, 0.5) is 0 Å². The number of allylic oxidation sites excluding steroid dienone is 2. The Bertz CT molecular complexity index is 360. The van der Waals surface area contributed by atoms with E-state index in [1.54, 1.807) is 11.1 Å². The van der Waals surface area contributed by atoms with Gasteiger partial charge in [0, 0.05) is 0 Å². The van der Waals surface area contributed by atoms with Crippen LogP contribution < -0.4 is 0 Å². The summed E-state index contributed by atoms with van der Waals surface area (Å²) in [4.78, 5) is 0. The van der Waals surface area contributed by atoms with Gasteiger partial charge in [0.2, 0.25) is 0 Å². The molecule has 1 aromatic rings. The van der Waals surface area contributed by atoms with Crippen molar-refractivity contribution in [3.63, 3.8) is 0 Å². The molecule has 0 nitrogen and oxygen atoms in total. The van der Waals surface area contributed by atoms with Gasteiger partial charge in [0.15, 0.2) is 0 Å². The summed E-state index contributed by atoms with van der Waals surface area (Å²) in [6, 6.07) is 8.85. The quantitative estimate of drug-likeness (QED) is 0.541. The van der Waals surface area contributed by atoms with E-state index in [0.29, 0.717) is 0 Å². The van der Waals surface area contributed by atoms with Crippen molar-refractivity contribution in [3.05, 3.63) is 41.5 Å². The first kappa shape index (κ1) is 6.47. The lowest BCUT2D eigenvalue weighted by Gasteiger charge is -2.03. The van der Waals surface area contributed by atoms with E-state index in [-0.39, 0.29) is 0 Å². The Morgan fingerprint density at radius 2 is 2.08 bits per heavy atom. The SMILES string of the molecule is C/C=C1/c2ccccc2[C@H]2C[C@@H]12. The van der Waals surface area contributed by atoms with Crippen LogP contribution in [0.25, 0.3) is 5.57 Å². The lowest BCUT2D eigenvalue weighted by Crippen LogP contribution is -1.83. The molecule has 0 N–H and O–H groups in total. The van der Waals surface area contributed by atoms with E-state index >= 15 is 0 Å². The van der Waals surface area contributed by atoms with Gasteiger partial charge in [0.1, 0.15) is 0 Å². The molecular formula is C12H12. The molecule has 2 aliphatic rings. The van der Waals surface area contributed by atoms with Gasteiger partial charge in [0.05, 0.1) is 0 Å². The fourth-order valence-corrected chi connectivity index (χ4v) is 2.53. The van der Waals surface area contributed by atoms with Gasteiger partial charge in [-0.3, -0.25) is 0 Å². The predicted octanol–water partition coefficient (Wildman–Crippen LogP) is 3.21. The highest BCUT2D eigenvalue weighted by Crippen LogP contribution is 2.62. The van der Waals surface area contributed by atoms with Crippen LogP contribution in [-0.4, -0.2) is 0 Å². The molecule has 1 saturated carbocycles. The molecule has 0 radical (unpaired) electrons. The topological polar surface area (TPSA) is 0 Å². The fraction of sp³-hybridized carbons (Fsp3) is 0.333. The molecule has 0 saturated heterocycles. The number of hydrogen-bond donors (Lipinski definition) is 0. The van der Waals surface area contributed by atoms with Crippen molar-refractivity contribution in [3.8, 4) is 0 Å². The van der Waals surface area contributed by atoms with Crippen molar-refractivity contribution in [2.45, 2.75) is 19.3 Å². The third-order valence-corrected chi connectivity index (χ3v) is 3.17. The minimum atomic E-state index is 0.882. The zero-order valence-corrected chi connectivity index (χ0v) is 7.25. The molecule has 0 aromatic heterocycles. The minimum absolute atomic E-state index is 0.882. The summed E-state index contributed by atoms with van der Waals surface area (Å²) in [5.41, 5.74) is 4.70. The van der Waals surface area contributed by atoms with Crippen LogP contribution in [0.5, 0.6) is 0 Å². The van der Waals surface area contributed by atoms with Crippen molar-refractivity contribution < 1.29 is 0 Å². The van der Waals surface area contributed by atoms with Crippen LogP contribution in [0.15, 0.2) is 30.3 Å². The zero-order valence-electron chi connectivity index (χ0n) is 7.25. The summed E-state index contributed by atoms with van der Waals surface area (Å²) in [5, 5.41) is 0. The Hall–Kier alpha value is -1.04. The van der Waals surface area contributed by atoms with E-state index in [9.17, 15) is 0 Å². The smallest absolute Gasteiger partial charge is 0.00807 e. The molecule has 0 spiro atoms. The maximum atomic E-state index is 2.29. The zero-order chi connectivity index (χ0) is 8.13. The summed E-state index contributed by atoms with van der Waals surface area (Å²) >= 11 is 0. The molecule has 1 aromatic carbocycles. The Morgan fingerprint density at radius 3 is 2.92 bits per heavy atom. The molecule has 2 atom stereocenters. The highest BCUT2D eigenvalue weighted by atomic mass is 14.5. The van der Waals surface area contributed by atoms with E-state index in [1.165, 1.54) is 12.0 Å². The Labute approximate surface area is 72.9 Å². The summed E-state index contributed by atoms with van der Waals surface area (Å²) in [6.07, 6.45) is 3.69. The largest absolute Gasteiger partial charge is 0.0835 e. The Morgan fingerprint density at radius 1 is 1.25 bits per heavy atom. The van der Waals surface area contributed by atoms with E-state index in [0.717, 1.165) is 11.8 Å². The number of hydrogen-bond acceptors (Lipinski definition) is 0. The van der Waals surface area contributed by atoms with Crippen LogP contribution in [-0.2, 0) is 0 Å². The van der Waals surface area contributed by atoms with Crippen molar-refractivity contribution in [2.24, 2.45) is 5.92 Å². The van der Waals surface area contributed by atoms with E-state index in [4.69, 9.17) is 0 Å². The maximum Gasteiger partial charge on any atom is -0.00807 e. The number of benzene rings is 1. The van der Waals surface area contributed by atoms with Crippen molar-refractivity contribution in [1.29, 1.82) is 0 Å². The number of rotatable bonds is 0. The summed E-state index contributed by atoms with van der Waals surface area (Å²) in [7, 11) is 0. The first-order chi connectivity index (χ1) is 5.92. The molecule has 0 heteroatoms. The third kappa shape index (κ3) is 0.632. The van der Waals surface area contributed by atoms with Gasteiger partial charge < -0.3 is 0 Å². The average Bonchev–Trinajstić information content (AvgIpc) is 2.83. The molecule has 0 bridgehead atoms. The van der Waals surface area contributed by atoms with Gasteiger partial charge in [-0.15, -0.1) is 0 Å². The van der Waals surface area contributed by atoms with Crippen LogP contribution in [0.3, 0.4) is 0 Å². The molecular weight excluding hydrogens is 144 g/mol. The van der Waals surface area contributed by atoms with E-state index in [1.807, 2.05) is 0 Å². The first-order valence-electron chi connectivity index (χ1n) is 4.67. The molecule has 0 heterocycles. The summed E-state index contributed by atoms with van der Waals surface area (Å²) < 4.78 is 0. The first-order valence-corrected chi connectivity index (χ1v) is 4.67. The minimum Gasteiger partial charge on any atom is -0.0835 e. The second-order valence-electron chi connectivity index (χ2n) is 3.78. The van der Waals surface area contributed by atoms with Crippen LogP contribution in [0.2, 0.25) is 0 Å². The summed E-state index contributed by atoms with van der Waals surface area (Å²) in [5.74, 6) is 1.76. The molecule has 2 aliphatic carbocycles. The lowest BCUT2D eigenvalue weighted by molar-refractivity contribution is 1.09. The standard InChI is InChI=1S/C12H12/c1-2-8-9-5-3-4-6-10(9)12-7-11(8)12/h2-6,11-12H,7H2,1H3/b8-2-/t11-,12+/m0/s1. The van der Waals surface area contributed by atoms with Gasteiger partial charge in [-0.25, -0.2) is 0 Å². The molecule has 3 rings (SSSR count). The van der Waals surface area contributed by atoms with Crippen LogP contribution >= 0.6 is 0 Å². The molecule has 0 aliphatic heterocycles. The second-order valence-corrected chi connectivity index (χ2v) is 3.78. The van der Waals surface area contributed by atoms with Gasteiger partial charge in [-0.2, -0.15) is 0 Å². The molecule has 0 unspecified atom stereocenters. The monoisotopic (exact) mass is 156 g/mol. The van der Waals surface area contributed by atoms with Gasteiger partial charge >= 0.3 is 0 Å². The third-order valence-electron chi connectivity index (χ3n) is 3.17. The van der Waals surface area contributed by atoms with E-state index in [2.05, 4.69) is 37.3 Å². The van der Waals surface area contributed by atoms with Crippen LogP contribution in [0.1, 0.15) is 30.4 Å². The Balaban J connectivity index is 2.25. The lowest BCUT2D eigenvalue weighted by atomic mass is 10.0. The maximum absolute atomic E-state index is 2.29. The van der Waals surface area contributed by atoms with Crippen molar-refractivity contribution >= 4 is 5.57 Å². The summed E-state index contributed by atoms with van der Waals surface area (Å²) in [6.45, 7) is 2.16. The normalized spacial score (nSPS) is 33.2. The van der Waals surface area contributed by atoms with Gasteiger partial charge in [0.25, 0.3) is 0 Å². The predicted molar refractivity (Wildman–Crippen MR) is 50.9 cm³/mol. The highest BCUT2D eigenvalue weighted by molar-refractivity contribution is 5.79. The van der Waals surface area contributed by atoms with Gasteiger partial charge in [-0.1, -0.05) is 30.3 Å². The molecule has 60 valence electrons. The average molecular weight is 156 g/mol. The fourth-order valence-electron chi connectivity index (χ4n) is 2.53. The number of fused-ring (bicyclic) bond motifs is 3. The van der Waals surface area contributed by atoms with Crippen LogP contribution in [0, 0.1) is 5.92 Å². The van der Waals surface area contributed by atoms with Crippen molar-refractivity contribution in [2.75, 3.05) is 0 Å². The molecule has 0 amide bonds. The highest BCUT2D eigenvalue weighted by Gasteiger charge is 2.47. The molecule has 12 heavy (non-hydrogen) atoms. The van der Waals surface area contributed by atoms with E-state index < -0.39 is 0 Å². The second kappa shape index (κ2) is 2.01. The van der Waals surface area contributed by atoms with Gasteiger partial charge in [-0.05, 0) is 41.9 Å². The van der Waals surface area contributed by atoms with Crippen molar-refractivity contribution in [1.82, 2.24) is 0 Å².